The molecule has 1 rings (SSSR count). The maximum absolute atomic E-state index is 10.7. The molecular formula is C11H12BrNO4. The first-order valence-corrected chi connectivity index (χ1v) is 5.64. The van der Waals surface area contributed by atoms with Crippen molar-refractivity contribution in [2.45, 2.75) is 6.92 Å². The second kappa shape index (κ2) is 5.67. The van der Waals surface area contributed by atoms with Gasteiger partial charge < -0.3 is 15.1 Å². The van der Waals surface area contributed by atoms with Crippen molar-refractivity contribution in [1.82, 2.24) is 0 Å². The number of rotatable bonds is 5. The molecule has 0 heterocycles. The molecule has 92 valence electrons. The number of benzene rings is 1. The van der Waals surface area contributed by atoms with Gasteiger partial charge in [-0.05, 0) is 24.6 Å². The number of nitrogens with zero attached hydrogens (tertiary/aromatic N) is 1. The van der Waals surface area contributed by atoms with Gasteiger partial charge in [-0.2, -0.15) is 0 Å². The van der Waals surface area contributed by atoms with E-state index in [1.165, 1.54) is 4.90 Å². The molecule has 0 aliphatic rings. The lowest BCUT2D eigenvalue weighted by molar-refractivity contribution is -0.136. The van der Waals surface area contributed by atoms with Crippen LogP contribution in [-0.4, -0.2) is 35.2 Å². The molecule has 0 aromatic heterocycles. The summed E-state index contributed by atoms with van der Waals surface area (Å²) in [5.74, 6) is -2.13. The molecule has 0 saturated heterocycles. The van der Waals surface area contributed by atoms with Crippen molar-refractivity contribution in [2.24, 2.45) is 0 Å². The molecule has 2 N–H and O–H groups in total. The highest BCUT2D eigenvalue weighted by molar-refractivity contribution is 9.10. The molecule has 0 aliphatic heterocycles. The topological polar surface area (TPSA) is 77.8 Å². The van der Waals surface area contributed by atoms with Gasteiger partial charge in [-0.3, -0.25) is 9.59 Å². The lowest BCUT2D eigenvalue weighted by atomic mass is 10.2. The predicted molar refractivity (Wildman–Crippen MR) is 66.4 cm³/mol. The third-order valence-electron chi connectivity index (χ3n) is 2.17. The second-order valence-electron chi connectivity index (χ2n) is 3.58. The SMILES string of the molecule is Cc1ccc(N(CC(=O)O)CC(=O)O)cc1Br. The van der Waals surface area contributed by atoms with Crippen LogP contribution in [0.4, 0.5) is 5.69 Å². The molecule has 17 heavy (non-hydrogen) atoms. The summed E-state index contributed by atoms with van der Waals surface area (Å²) in [7, 11) is 0. The minimum Gasteiger partial charge on any atom is -0.480 e. The fraction of sp³-hybridized carbons (Fsp3) is 0.273. The zero-order valence-electron chi connectivity index (χ0n) is 9.18. The first-order valence-electron chi connectivity index (χ1n) is 4.85. The summed E-state index contributed by atoms with van der Waals surface area (Å²) in [6, 6.07) is 5.21. The van der Waals surface area contributed by atoms with Gasteiger partial charge in [0.1, 0.15) is 13.1 Å². The third kappa shape index (κ3) is 4.07. The van der Waals surface area contributed by atoms with Crippen molar-refractivity contribution in [1.29, 1.82) is 0 Å². The van der Waals surface area contributed by atoms with E-state index in [-0.39, 0.29) is 13.1 Å². The van der Waals surface area contributed by atoms with Crippen LogP contribution >= 0.6 is 15.9 Å². The van der Waals surface area contributed by atoms with E-state index in [1.54, 1.807) is 18.2 Å². The zero-order valence-corrected chi connectivity index (χ0v) is 10.8. The van der Waals surface area contributed by atoms with Crippen LogP contribution in [0.5, 0.6) is 0 Å². The van der Waals surface area contributed by atoms with Gasteiger partial charge in [-0.1, -0.05) is 22.0 Å². The van der Waals surface area contributed by atoms with Crippen LogP contribution in [0.15, 0.2) is 22.7 Å². The Morgan fingerprint density at radius 1 is 1.24 bits per heavy atom. The first-order chi connectivity index (χ1) is 7.90. The maximum Gasteiger partial charge on any atom is 0.323 e. The number of hydrogen-bond acceptors (Lipinski definition) is 3. The Morgan fingerprint density at radius 2 is 1.76 bits per heavy atom. The standard InChI is InChI=1S/C11H12BrNO4/c1-7-2-3-8(4-9(7)12)13(5-10(14)15)6-11(16)17/h2-4H,5-6H2,1H3,(H,14,15)(H,16,17). The molecule has 0 amide bonds. The van der Waals surface area contributed by atoms with E-state index in [0.717, 1.165) is 10.0 Å². The fourth-order valence-corrected chi connectivity index (χ4v) is 1.71. The number of anilines is 1. The smallest absolute Gasteiger partial charge is 0.323 e. The van der Waals surface area contributed by atoms with Gasteiger partial charge in [0.25, 0.3) is 0 Å². The number of carboxylic acid groups (broad SMARTS) is 2. The monoisotopic (exact) mass is 301 g/mol. The van der Waals surface area contributed by atoms with Crippen LogP contribution in [0.3, 0.4) is 0 Å². The molecular weight excluding hydrogens is 290 g/mol. The van der Waals surface area contributed by atoms with Crippen LogP contribution < -0.4 is 4.90 Å². The minimum atomic E-state index is -1.07. The van der Waals surface area contributed by atoms with Gasteiger partial charge >= 0.3 is 11.9 Å². The Morgan fingerprint density at radius 3 is 2.18 bits per heavy atom. The molecule has 0 saturated carbocycles. The highest BCUT2D eigenvalue weighted by atomic mass is 79.9. The van der Waals surface area contributed by atoms with Crippen molar-refractivity contribution in [3.8, 4) is 0 Å². The van der Waals surface area contributed by atoms with Crippen molar-refractivity contribution >= 4 is 33.6 Å². The predicted octanol–water partition coefficient (Wildman–Crippen LogP) is 1.73. The molecule has 0 aliphatic carbocycles. The van der Waals surface area contributed by atoms with E-state index in [1.807, 2.05) is 6.92 Å². The normalized spacial score (nSPS) is 10.0. The quantitative estimate of drug-likeness (QED) is 0.866. The number of hydrogen-bond donors (Lipinski definition) is 2. The molecule has 0 fully saturated rings. The lowest BCUT2D eigenvalue weighted by Gasteiger charge is -2.21. The summed E-state index contributed by atoms with van der Waals surface area (Å²) < 4.78 is 0.816. The van der Waals surface area contributed by atoms with E-state index in [9.17, 15) is 9.59 Å². The lowest BCUT2D eigenvalue weighted by Crippen LogP contribution is -2.34. The van der Waals surface area contributed by atoms with Crippen LogP contribution in [0.25, 0.3) is 0 Å². The first kappa shape index (κ1) is 13.5. The van der Waals surface area contributed by atoms with Gasteiger partial charge in [0.05, 0.1) is 0 Å². The van der Waals surface area contributed by atoms with E-state index in [4.69, 9.17) is 10.2 Å². The van der Waals surface area contributed by atoms with Crippen molar-refractivity contribution in [3.05, 3.63) is 28.2 Å². The average molecular weight is 302 g/mol. The van der Waals surface area contributed by atoms with Crippen LogP contribution in [0.2, 0.25) is 0 Å². The van der Waals surface area contributed by atoms with Crippen molar-refractivity contribution in [2.75, 3.05) is 18.0 Å². The highest BCUT2D eigenvalue weighted by Crippen LogP contribution is 2.23. The highest BCUT2D eigenvalue weighted by Gasteiger charge is 2.14. The molecule has 0 atom stereocenters. The summed E-state index contributed by atoms with van der Waals surface area (Å²) in [5.41, 5.74) is 1.56. The second-order valence-corrected chi connectivity index (χ2v) is 4.43. The van der Waals surface area contributed by atoms with Crippen molar-refractivity contribution < 1.29 is 19.8 Å². The number of halogens is 1. The number of aryl methyl sites for hydroxylation is 1. The van der Waals surface area contributed by atoms with E-state index >= 15 is 0 Å². The van der Waals surface area contributed by atoms with E-state index in [2.05, 4.69) is 15.9 Å². The van der Waals surface area contributed by atoms with Crippen molar-refractivity contribution in [3.63, 3.8) is 0 Å². The Kier molecular flexibility index (Phi) is 4.51. The van der Waals surface area contributed by atoms with Gasteiger partial charge in [-0.25, -0.2) is 0 Å². The summed E-state index contributed by atoms with van der Waals surface area (Å²) in [4.78, 5) is 22.6. The molecule has 1 aromatic carbocycles. The maximum atomic E-state index is 10.7. The third-order valence-corrected chi connectivity index (χ3v) is 3.03. The molecule has 0 radical (unpaired) electrons. The van der Waals surface area contributed by atoms with Gasteiger partial charge in [0.15, 0.2) is 0 Å². The van der Waals surface area contributed by atoms with E-state index < -0.39 is 11.9 Å². The largest absolute Gasteiger partial charge is 0.480 e. The van der Waals surface area contributed by atoms with Gasteiger partial charge in [-0.15, -0.1) is 0 Å². The molecule has 0 spiro atoms. The van der Waals surface area contributed by atoms with Crippen LogP contribution in [0.1, 0.15) is 5.56 Å². The Labute approximate surface area is 107 Å². The number of aliphatic carboxylic acids is 2. The molecule has 0 bridgehead atoms. The average Bonchev–Trinajstić information content (AvgIpc) is 2.19. The number of carbonyl (C=O) groups is 2. The Balaban J connectivity index is 2.98. The zero-order chi connectivity index (χ0) is 13.0. The van der Waals surface area contributed by atoms with Crippen LogP contribution in [-0.2, 0) is 9.59 Å². The molecule has 0 unspecified atom stereocenters. The van der Waals surface area contributed by atoms with E-state index in [0.29, 0.717) is 5.69 Å². The van der Waals surface area contributed by atoms with Gasteiger partial charge in [0.2, 0.25) is 0 Å². The van der Waals surface area contributed by atoms with Crippen LogP contribution in [0, 0.1) is 6.92 Å². The summed E-state index contributed by atoms with van der Waals surface area (Å²) in [6.07, 6.45) is 0. The molecule has 5 nitrogen and oxygen atoms in total. The Hall–Kier alpha value is -1.56. The summed E-state index contributed by atoms with van der Waals surface area (Å²) in [5, 5.41) is 17.5. The molecule has 1 aromatic rings. The number of carboxylic acids is 2. The minimum absolute atomic E-state index is 0.345. The molecule has 6 heteroatoms. The fourth-order valence-electron chi connectivity index (χ4n) is 1.34. The van der Waals surface area contributed by atoms with Gasteiger partial charge in [0, 0.05) is 10.2 Å². The summed E-state index contributed by atoms with van der Waals surface area (Å²) >= 11 is 3.33. The summed E-state index contributed by atoms with van der Waals surface area (Å²) in [6.45, 7) is 1.20. The Bertz CT molecular complexity index is 431.